The van der Waals surface area contributed by atoms with E-state index in [0.717, 1.165) is 29.6 Å². The summed E-state index contributed by atoms with van der Waals surface area (Å²) in [5, 5.41) is 14.7. The third-order valence-corrected chi connectivity index (χ3v) is 5.21. The lowest BCUT2D eigenvalue weighted by Crippen LogP contribution is -2.32. The minimum atomic E-state index is -0.0327. The number of aromatic nitrogens is 4. The molecule has 0 unspecified atom stereocenters. The summed E-state index contributed by atoms with van der Waals surface area (Å²) >= 11 is 0. The lowest BCUT2D eigenvalue weighted by molar-refractivity contribution is 0.0938. The number of para-hydroxylation sites is 2. The zero-order valence-electron chi connectivity index (χ0n) is 15.3. The summed E-state index contributed by atoms with van der Waals surface area (Å²) in [4.78, 5) is 17.3. The second kappa shape index (κ2) is 6.92. The van der Waals surface area contributed by atoms with E-state index < -0.39 is 0 Å². The number of nitrogens with one attached hydrogen (secondary N) is 2. The molecule has 0 bridgehead atoms. The number of nitrogens with zero attached hydrogens (tertiary/aromatic N) is 4. The van der Waals surface area contributed by atoms with E-state index in [1.54, 1.807) is 6.33 Å². The summed E-state index contributed by atoms with van der Waals surface area (Å²) in [6, 6.07) is 15.6. The number of anilines is 2. The van der Waals surface area contributed by atoms with Crippen LogP contribution in [-0.2, 0) is 0 Å². The Morgan fingerprint density at radius 1 is 1.07 bits per heavy atom. The van der Waals surface area contributed by atoms with E-state index in [1.165, 1.54) is 12.8 Å². The van der Waals surface area contributed by atoms with Gasteiger partial charge in [-0.25, -0.2) is 4.98 Å². The van der Waals surface area contributed by atoms with Gasteiger partial charge in [0.2, 0.25) is 5.65 Å². The van der Waals surface area contributed by atoms with Crippen molar-refractivity contribution in [2.24, 2.45) is 0 Å². The van der Waals surface area contributed by atoms with Crippen LogP contribution in [-0.4, -0.2) is 31.5 Å². The van der Waals surface area contributed by atoms with Crippen LogP contribution in [0.1, 0.15) is 36.0 Å². The van der Waals surface area contributed by atoms with Gasteiger partial charge in [0.25, 0.3) is 5.91 Å². The van der Waals surface area contributed by atoms with E-state index in [4.69, 9.17) is 4.98 Å². The number of fused-ring (bicyclic) bond motifs is 3. The van der Waals surface area contributed by atoms with E-state index in [9.17, 15) is 4.79 Å². The van der Waals surface area contributed by atoms with Gasteiger partial charge in [-0.3, -0.25) is 9.20 Å². The molecule has 0 spiro atoms. The molecule has 2 N–H and O–H groups in total. The first-order valence-corrected chi connectivity index (χ1v) is 9.54. The van der Waals surface area contributed by atoms with Gasteiger partial charge in [-0.15, -0.1) is 10.2 Å². The summed E-state index contributed by atoms with van der Waals surface area (Å²) in [7, 11) is 0. The Hall–Kier alpha value is -3.48. The second-order valence-corrected chi connectivity index (χ2v) is 7.13. The Bertz CT molecular complexity index is 1160. The highest BCUT2D eigenvalue weighted by Gasteiger charge is 2.18. The Labute approximate surface area is 161 Å². The molecule has 1 saturated carbocycles. The van der Waals surface area contributed by atoms with E-state index in [-0.39, 0.29) is 5.91 Å². The largest absolute Gasteiger partial charge is 0.349 e. The van der Waals surface area contributed by atoms with Crippen LogP contribution < -0.4 is 10.6 Å². The zero-order chi connectivity index (χ0) is 18.9. The standard InChI is InChI=1S/C21H20N6O/c28-21(24-15-7-1-2-8-15)14-6-5-9-16(12-14)23-19-20-26-22-13-27(20)18-11-4-3-10-17(18)25-19/h3-6,9-13,15H,1-2,7-8H2,(H,23,25)(H,24,28). The summed E-state index contributed by atoms with van der Waals surface area (Å²) in [5.41, 5.74) is 3.84. The van der Waals surface area contributed by atoms with Crippen molar-refractivity contribution in [1.82, 2.24) is 24.9 Å². The molecule has 5 rings (SSSR count). The number of benzene rings is 2. The highest BCUT2D eigenvalue weighted by atomic mass is 16.1. The first-order chi connectivity index (χ1) is 13.8. The average Bonchev–Trinajstić information content (AvgIpc) is 3.40. The molecule has 2 heterocycles. The maximum Gasteiger partial charge on any atom is 0.251 e. The quantitative estimate of drug-likeness (QED) is 0.571. The van der Waals surface area contributed by atoms with Gasteiger partial charge in [-0.1, -0.05) is 31.0 Å². The van der Waals surface area contributed by atoms with Gasteiger partial charge >= 0.3 is 0 Å². The molecule has 28 heavy (non-hydrogen) atoms. The molecule has 7 heteroatoms. The molecule has 0 aliphatic heterocycles. The molecule has 140 valence electrons. The van der Waals surface area contributed by atoms with Gasteiger partial charge in [-0.2, -0.15) is 0 Å². The van der Waals surface area contributed by atoms with Crippen molar-refractivity contribution in [1.29, 1.82) is 0 Å². The third kappa shape index (κ3) is 3.05. The van der Waals surface area contributed by atoms with E-state index in [0.29, 0.717) is 23.1 Å². The van der Waals surface area contributed by atoms with Crippen LogP contribution in [0.2, 0.25) is 0 Å². The fourth-order valence-electron chi connectivity index (χ4n) is 3.80. The van der Waals surface area contributed by atoms with Crippen molar-refractivity contribution in [3.63, 3.8) is 0 Å². The maximum atomic E-state index is 12.6. The Morgan fingerprint density at radius 2 is 1.93 bits per heavy atom. The molecular formula is C21H20N6O. The number of rotatable bonds is 4. The van der Waals surface area contributed by atoms with Crippen molar-refractivity contribution < 1.29 is 4.79 Å². The topological polar surface area (TPSA) is 84.2 Å². The molecule has 1 fully saturated rings. The Balaban J connectivity index is 1.46. The van der Waals surface area contributed by atoms with Gasteiger partial charge in [0.1, 0.15) is 6.33 Å². The number of carbonyl (C=O) groups excluding carboxylic acids is 1. The van der Waals surface area contributed by atoms with Crippen molar-refractivity contribution in [2.45, 2.75) is 31.7 Å². The van der Waals surface area contributed by atoms with Gasteiger partial charge in [0.15, 0.2) is 5.82 Å². The van der Waals surface area contributed by atoms with E-state index in [2.05, 4.69) is 20.8 Å². The van der Waals surface area contributed by atoms with Crippen LogP contribution in [0.5, 0.6) is 0 Å². The van der Waals surface area contributed by atoms with Crippen LogP contribution in [0.15, 0.2) is 54.9 Å². The molecular weight excluding hydrogens is 352 g/mol. The predicted octanol–water partition coefficient (Wildman–Crippen LogP) is 3.69. The summed E-state index contributed by atoms with van der Waals surface area (Å²) < 4.78 is 1.90. The number of carbonyl (C=O) groups is 1. The molecule has 1 amide bonds. The van der Waals surface area contributed by atoms with Crippen LogP contribution in [0.25, 0.3) is 16.7 Å². The SMILES string of the molecule is O=C(NC1CCCC1)c1cccc(Nc2nc3ccccc3n3cnnc23)c1. The van der Waals surface area contributed by atoms with Crippen LogP contribution in [0, 0.1) is 0 Å². The third-order valence-electron chi connectivity index (χ3n) is 5.21. The van der Waals surface area contributed by atoms with Crippen LogP contribution >= 0.6 is 0 Å². The first-order valence-electron chi connectivity index (χ1n) is 9.54. The van der Waals surface area contributed by atoms with Gasteiger partial charge in [0, 0.05) is 17.3 Å². The molecule has 0 radical (unpaired) electrons. The number of hydrogen-bond acceptors (Lipinski definition) is 5. The molecule has 1 aliphatic carbocycles. The lowest BCUT2D eigenvalue weighted by atomic mass is 10.1. The summed E-state index contributed by atoms with van der Waals surface area (Å²) in [6.45, 7) is 0. The van der Waals surface area contributed by atoms with Crippen molar-refractivity contribution in [3.05, 3.63) is 60.4 Å². The second-order valence-electron chi connectivity index (χ2n) is 7.13. The highest BCUT2D eigenvalue weighted by molar-refractivity contribution is 5.95. The predicted molar refractivity (Wildman–Crippen MR) is 108 cm³/mol. The number of amides is 1. The van der Waals surface area contributed by atoms with Gasteiger partial charge in [-0.05, 0) is 43.2 Å². The lowest BCUT2D eigenvalue weighted by Gasteiger charge is -2.13. The van der Waals surface area contributed by atoms with Gasteiger partial charge in [0.05, 0.1) is 11.0 Å². The van der Waals surface area contributed by atoms with Crippen molar-refractivity contribution in [3.8, 4) is 0 Å². The summed E-state index contributed by atoms with van der Waals surface area (Å²) in [6.07, 6.45) is 6.18. The fraction of sp³-hybridized carbons (Fsp3) is 0.238. The van der Waals surface area contributed by atoms with E-state index in [1.807, 2.05) is 52.9 Å². The van der Waals surface area contributed by atoms with Crippen LogP contribution in [0.3, 0.4) is 0 Å². The van der Waals surface area contributed by atoms with Crippen molar-refractivity contribution >= 4 is 34.1 Å². The normalized spacial score (nSPS) is 14.6. The zero-order valence-corrected chi connectivity index (χ0v) is 15.3. The van der Waals surface area contributed by atoms with Gasteiger partial charge < -0.3 is 10.6 Å². The molecule has 0 atom stereocenters. The molecule has 2 aromatic heterocycles. The average molecular weight is 372 g/mol. The fourth-order valence-corrected chi connectivity index (χ4v) is 3.80. The maximum absolute atomic E-state index is 12.6. The van der Waals surface area contributed by atoms with Crippen LogP contribution in [0.4, 0.5) is 11.5 Å². The molecule has 4 aromatic rings. The smallest absolute Gasteiger partial charge is 0.251 e. The molecule has 7 nitrogen and oxygen atoms in total. The minimum absolute atomic E-state index is 0.0327. The van der Waals surface area contributed by atoms with Crippen molar-refractivity contribution in [2.75, 3.05) is 5.32 Å². The molecule has 2 aromatic carbocycles. The monoisotopic (exact) mass is 372 g/mol. The first kappa shape index (κ1) is 16.7. The Morgan fingerprint density at radius 3 is 2.82 bits per heavy atom. The van der Waals surface area contributed by atoms with E-state index >= 15 is 0 Å². The summed E-state index contributed by atoms with van der Waals surface area (Å²) in [5.74, 6) is 0.569. The highest BCUT2D eigenvalue weighted by Crippen LogP contribution is 2.24. The minimum Gasteiger partial charge on any atom is -0.349 e. The number of hydrogen-bond donors (Lipinski definition) is 2. The molecule has 0 saturated heterocycles. The molecule has 1 aliphatic rings. The Kier molecular flexibility index (Phi) is 4.12.